The molecule has 2 aromatic rings. The van der Waals surface area contributed by atoms with Gasteiger partial charge in [-0.2, -0.15) is 0 Å². The van der Waals surface area contributed by atoms with Gasteiger partial charge in [-0.1, -0.05) is 12.1 Å². The number of carbonyl (C=O) groups excluding carboxylic acids is 3. The van der Waals surface area contributed by atoms with Crippen LogP contribution in [-0.4, -0.2) is 47.5 Å². The highest BCUT2D eigenvalue weighted by Crippen LogP contribution is 2.40. The van der Waals surface area contributed by atoms with Gasteiger partial charge in [0.05, 0.1) is 5.69 Å². The van der Waals surface area contributed by atoms with Crippen LogP contribution < -0.4 is 10.2 Å². The molecule has 0 saturated carbocycles. The summed E-state index contributed by atoms with van der Waals surface area (Å²) in [5.74, 6) is -1.40. The second-order valence-corrected chi connectivity index (χ2v) is 8.12. The fraction of sp³-hybridized carbons (Fsp3) is 0.286. The minimum Gasteiger partial charge on any atom is -0.341 e. The van der Waals surface area contributed by atoms with Crippen LogP contribution in [0.2, 0.25) is 0 Å². The lowest BCUT2D eigenvalue weighted by Crippen LogP contribution is -2.51. The van der Waals surface area contributed by atoms with Crippen molar-refractivity contribution < 1.29 is 18.8 Å². The summed E-state index contributed by atoms with van der Waals surface area (Å²) in [4.78, 5) is 42.5. The van der Waals surface area contributed by atoms with Crippen molar-refractivity contribution in [1.82, 2.24) is 4.90 Å². The molecule has 2 aliphatic heterocycles. The smallest absolute Gasteiger partial charge is 0.250 e. The molecule has 0 aliphatic carbocycles. The summed E-state index contributed by atoms with van der Waals surface area (Å²) < 4.78 is 13.1. The van der Waals surface area contributed by atoms with Crippen molar-refractivity contribution in [1.29, 1.82) is 0 Å². The molecular weight excluding hydrogens is 393 g/mol. The monoisotopic (exact) mass is 413 g/mol. The Kier molecular flexibility index (Phi) is 5.53. The fourth-order valence-electron chi connectivity index (χ4n) is 3.52. The van der Waals surface area contributed by atoms with Crippen LogP contribution in [0.15, 0.2) is 53.4 Å². The van der Waals surface area contributed by atoms with E-state index in [1.807, 2.05) is 12.1 Å². The lowest BCUT2D eigenvalue weighted by Gasteiger charge is -2.34. The number of amides is 3. The Hall–Kier alpha value is -2.87. The number of hydrogen-bond acceptors (Lipinski definition) is 4. The van der Waals surface area contributed by atoms with Crippen LogP contribution in [0.25, 0.3) is 0 Å². The van der Waals surface area contributed by atoms with Gasteiger partial charge in [-0.05, 0) is 49.2 Å². The molecule has 0 bridgehead atoms. The maximum absolute atomic E-state index is 13.1. The van der Waals surface area contributed by atoms with E-state index in [-0.39, 0.29) is 18.4 Å². The van der Waals surface area contributed by atoms with E-state index in [4.69, 9.17) is 0 Å². The summed E-state index contributed by atoms with van der Waals surface area (Å²) in [7, 11) is 0. The van der Waals surface area contributed by atoms with E-state index in [9.17, 15) is 18.8 Å². The Morgan fingerprint density at radius 3 is 2.48 bits per heavy atom. The zero-order valence-corrected chi connectivity index (χ0v) is 16.5. The van der Waals surface area contributed by atoms with Gasteiger partial charge < -0.3 is 15.1 Å². The Bertz CT molecular complexity index is 944. The maximum atomic E-state index is 13.1. The number of carbonyl (C=O) groups is 3. The Morgan fingerprint density at radius 1 is 1.07 bits per heavy atom. The third-order valence-corrected chi connectivity index (χ3v) is 6.20. The number of hydrogen-bond donors (Lipinski definition) is 1. The topological polar surface area (TPSA) is 69.7 Å². The molecule has 0 aromatic heterocycles. The van der Waals surface area contributed by atoms with Crippen molar-refractivity contribution in [3.05, 3.63) is 54.3 Å². The SMILES string of the molecule is O=C(CN1C(=O)[C@H](C(=O)N2CCCC2)Sc2ccccc21)Nc1ccc(F)cc1. The van der Waals surface area contributed by atoms with E-state index in [1.54, 1.807) is 17.0 Å². The molecule has 8 heteroatoms. The molecule has 150 valence electrons. The number of nitrogens with zero attached hydrogens (tertiary/aromatic N) is 2. The first kappa shape index (κ1) is 19.4. The van der Waals surface area contributed by atoms with Crippen LogP contribution in [0.3, 0.4) is 0 Å². The van der Waals surface area contributed by atoms with Crippen molar-refractivity contribution >= 4 is 40.9 Å². The highest BCUT2D eigenvalue weighted by atomic mass is 32.2. The van der Waals surface area contributed by atoms with E-state index in [2.05, 4.69) is 5.32 Å². The predicted octanol–water partition coefficient (Wildman–Crippen LogP) is 2.89. The third-order valence-electron chi connectivity index (χ3n) is 4.96. The normalized spacial score (nSPS) is 18.5. The van der Waals surface area contributed by atoms with E-state index in [0.717, 1.165) is 17.7 Å². The van der Waals surface area contributed by atoms with Crippen molar-refractivity contribution in [2.24, 2.45) is 0 Å². The quantitative estimate of drug-likeness (QED) is 0.783. The zero-order chi connectivity index (χ0) is 20.4. The second kappa shape index (κ2) is 8.24. The number of nitrogens with one attached hydrogen (secondary N) is 1. The summed E-state index contributed by atoms with van der Waals surface area (Å²) in [5, 5.41) is 1.78. The van der Waals surface area contributed by atoms with E-state index in [0.29, 0.717) is 24.5 Å². The first-order valence-electron chi connectivity index (χ1n) is 9.44. The summed E-state index contributed by atoms with van der Waals surface area (Å²) in [6.45, 7) is 1.10. The van der Waals surface area contributed by atoms with E-state index >= 15 is 0 Å². The maximum Gasteiger partial charge on any atom is 0.250 e. The van der Waals surface area contributed by atoms with Gasteiger partial charge in [0.2, 0.25) is 11.8 Å². The van der Waals surface area contributed by atoms with Gasteiger partial charge >= 0.3 is 0 Å². The molecule has 4 rings (SSSR count). The predicted molar refractivity (Wildman–Crippen MR) is 109 cm³/mol. The average Bonchev–Trinajstić information content (AvgIpc) is 3.26. The van der Waals surface area contributed by atoms with Crippen LogP contribution in [0.5, 0.6) is 0 Å². The molecule has 29 heavy (non-hydrogen) atoms. The van der Waals surface area contributed by atoms with E-state index in [1.165, 1.54) is 40.9 Å². The van der Waals surface area contributed by atoms with E-state index < -0.39 is 17.0 Å². The van der Waals surface area contributed by atoms with Gasteiger partial charge in [-0.3, -0.25) is 14.4 Å². The molecule has 2 aromatic carbocycles. The summed E-state index contributed by atoms with van der Waals surface area (Å²) >= 11 is 1.24. The Labute approximate surface area is 172 Å². The highest BCUT2D eigenvalue weighted by Gasteiger charge is 2.41. The molecular formula is C21H20FN3O3S. The first-order valence-corrected chi connectivity index (χ1v) is 10.3. The van der Waals surface area contributed by atoms with Gasteiger partial charge in [0.15, 0.2) is 5.25 Å². The molecule has 0 radical (unpaired) electrons. The molecule has 0 spiro atoms. The summed E-state index contributed by atoms with van der Waals surface area (Å²) in [5.41, 5.74) is 1.05. The molecule has 0 unspecified atom stereocenters. The molecule has 1 N–H and O–H groups in total. The van der Waals surface area contributed by atoms with Gasteiger partial charge in [0, 0.05) is 23.7 Å². The number of rotatable bonds is 4. The van der Waals surface area contributed by atoms with Crippen LogP contribution in [0.4, 0.5) is 15.8 Å². The molecule has 3 amide bonds. The third kappa shape index (κ3) is 4.12. The molecule has 6 nitrogen and oxygen atoms in total. The lowest BCUT2D eigenvalue weighted by atomic mass is 10.2. The zero-order valence-electron chi connectivity index (χ0n) is 15.6. The lowest BCUT2D eigenvalue weighted by molar-refractivity contribution is -0.134. The van der Waals surface area contributed by atoms with Gasteiger partial charge in [0.25, 0.3) is 5.91 Å². The molecule has 2 aliphatic rings. The summed E-state index contributed by atoms with van der Waals surface area (Å²) in [6, 6.07) is 12.7. The largest absolute Gasteiger partial charge is 0.341 e. The number of fused-ring (bicyclic) bond motifs is 1. The molecule has 1 saturated heterocycles. The van der Waals surface area contributed by atoms with Crippen molar-refractivity contribution in [2.45, 2.75) is 23.0 Å². The number of para-hydroxylation sites is 1. The highest BCUT2D eigenvalue weighted by molar-refractivity contribution is 8.01. The van der Waals surface area contributed by atoms with Crippen molar-refractivity contribution in [3.63, 3.8) is 0 Å². The fourth-order valence-corrected chi connectivity index (χ4v) is 4.71. The van der Waals surface area contributed by atoms with Crippen LogP contribution in [0, 0.1) is 5.82 Å². The van der Waals surface area contributed by atoms with Crippen molar-refractivity contribution in [3.8, 4) is 0 Å². The molecule has 1 fully saturated rings. The molecule has 1 atom stereocenters. The number of halogens is 1. The van der Waals surface area contributed by atoms with Crippen molar-refractivity contribution in [2.75, 3.05) is 29.9 Å². The van der Waals surface area contributed by atoms with Gasteiger partial charge in [-0.25, -0.2) is 4.39 Å². The van der Waals surface area contributed by atoms with Crippen LogP contribution >= 0.6 is 11.8 Å². The number of anilines is 2. The van der Waals surface area contributed by atoms with Crippen LogP contribution in [-0.2, 0) is 14.4 Å². The summed E-state index contributed by atoms with van der Waals surface area (Å²) in [6.07, 6.45) is 1.88. The average molecular weight is 413 g/mol. The minimum atomic E-state index is -0.887. The molecule has 2 heterocycles. The first-order chi connectivity index (χ1) is 14.0. The van der Waals surface area contributed by atoms with Gasteiger partial charge in [-0.15, -0.1) is 11.8 Å². The number of thioether (sulfide) groups is 1. The van der Waals surface area contributed by atoms with Crippen LogP contribution in [0.1, 0.15) is 12.8 Å². The number of benzene rings is 2. The standard InChI is InChI=1S/C21H20FN3O3S/c22-14-7-9-15(10-8-14)23-18(26)13-25-16-5-1-2-6-17(16)29-19(21(25)28)20(27)24-11-3-4-12-24/h1-2,5-10,19H,3-4,11-13H2,(H,23,26)/t19-/m0/s1. The Balaban J connectivity index is 1.55. The Morgan fingerprint density at radius 2 is 1.76 bits per heavy atom. The minimum absolute atomic E-state index is 0.198. The number of likely N-dealkylation sites (tertiary alicyclic amines) is 1. The second-order valence-electron chi connectivity index (χ2n) is 6.98. The van der Waals surface area contributed by atoms with Gasteiger partial charge in [0.1, 0.15) is 12.4 Å².